The van der Waals surface area contributed by atoms with Crippen LogP contribution in [0.5, 0.6) is 5.75 Å². The molecule has 0 spiro atoms. The van der Waals surface area contributed by atoms with Gasteiger partial charge in [-0.25, -0.2) is 4.68 Å². The lowest BCUT2D eigenvalue weighted by atomic mass is 9.93. The summed E-state index contributed by atoms with van der Waals surface area (Å²) in [5.41, 5.74) is 1.08. The van der Waals surface area contributed by atoms with Crippen molar-refractivity contribution in [3.63, 3.8) is 0 Å². The van der Waals surface area contributed by atoms with Gasteiger partial charge in [-0.05, 0) is 54.8 Å². The minimum absolute atomic E-state index is 0.172. The molecule has 2 aromatic rings. The average molecular weight is 404 g/mol. The highest BCUT2D eigenvalue weighted by molar-refractivity contribution is 7.99. The van der Waals surface area contributed by atoms with Gasteiger partial charge in [0.1, 0.15) is 5.75 Å². The molecule has 1 heterocycles. The van der Waals surface area contributed by atoms with Crippen LogP contribution in [0.1, 0.15) is 51.5 Å². The summed E-state index contributed by atoms with van der Waals surface area (Å²) in [6.07, 6.45) is 5.95. The number of hydrogen-bond acceptors (Lipinski definition) is 6. The Balaban J connectivity index is 1.60. The molecule has 0 radical (unpaired) electrons. The molecule has 0 N–H and O–H groups in total. The van der Waals surface area contributed by atoms with Crippen LogP contribution < -0.4 is 4.74 Å². The molecule has 0 bridgehead atoms. The quantitative estimate of drug-likeness (QED) is 0.629. The molecule has 1 aromatic carbocycles. The first-order valence-electron chi connectivity index (χ1n) is 9.91. The Kier molecular flexibility index (Phi) is 7.30. The minimum Gasteiger partial charge on any atom is -0.497 e. The normalized spacial score (nSPS) is 15.0. The largest absolute Gasteiger partial charge is 0.497 e. The smallest absolute Gasteiger partial charge is 0.233 e. The lowest BCUT2D eigenvalue weighted by Crippen LogP contribution is -2.46. The van der Waals surface area contributed by atoms with Crippen molar-refractivity contribution in [1.29, 1.82) is 0 Å². The van der Waals surface area contributed by atoms with Crippen molar-refractivity contribution < 1.29 is 9.53 Å². The fourth-order valence-electron chi connectivity index (χ4n) is 3.78. The molecule has 1 saturated carbocycles. The predicted octanol–water partition coefficient (Wildman–Crippen LogP) is 3.39. The lowest BCUT2D eigenvalue weighted by Gasteiger charge is -2.37. The summed E-state index contributed by atoms with van der Waals surface area (Å²) in [4.78, 5) is 15.0. The Morgan fingerprint density at radius 2 is 1.96 bits per heavy atom. The van der Waals surface area contributed by atoms with Gasteiger partial charge < -0.3 is 9.64 Å². The van der Waals surface area contributed by atoms with Crippen LogP contribution in [0.2, 0.25) is 0 Å². The van der Waals surface area contributed by atoms with Crippen LogP contribution in [0.4, 0.5) is 0 Å². The van der Waals surface area contributed by atoms with Crippen LogP contribution in [0.3, 0.4) is 0 Å². The molecule has 1 aliphatic carbocycles. The molecule has 1 amide bonds. The maximum absolute atomic E-state index is 12.9. The number of nitrogens with zero attached hydrogens (tertiary/aromatic N) is 5. The Hall–Kier alpha value is -2.09. The second-order valence-electron chi connectivity index (χ2n) is 7.44. The van der Waals surface area contributed by atoms with E-state index in [2.05, 4.69) is 34.3 Å². The zero-order valence-corrected chi connectivity index (χ0v) is 17.7. The molecule has 0 saturated heterocycles. The number of amides is 1. The van der Waals surface area contributed by atoms with Gasteiger partial charge in [-0.3, -0.25) is 4.79 Å². The van der Waals surface area contributed by atoms with Crippen molar-refractivity contribution in [3.05, 3.63) is 29.8 Å². The van der Waals surface area contributed by atoms with E-state index >= 15 is 0 Å². The van der Waals surface area contributed by atoms with Crippen molar-refractivity contribution in [2.75, 3.05) is 12.9 Å². The highest BCUT2D eigenvalue weighted by Gasteiger charge is 2.27. The molecule has 152 valence electrons. The van der Waals surface area contributed by atoms with E-state index in [0.29, 0.717) is 23.5 Å². The molecule has 1 aromatic heterocycles. The molecule has 1 fully saturated rings. The van der Waals surface area contributed by atoms with Crippen molar-refractivity contribution in [2.45, 2.75) is 69.7 Å². The molecular weight excluding hydrogens is 374 g/mol. The third-order valence-electron chi connectivity index (χ3n) is 5.13. The first-order valence-corrected chi connectivity index (χ1v) is 10.9. The number of aromatic nitrogens is 4. The Labute approximate surface area is 170 Å². The molecule has 3 rings (SSSR count). The number of benzene rings is 1. The van der Waals surface area contributed by atoms with Crippen molar-refractivity contribution >= 4 is 17.7 Å². The second kappa shape index (κ2) is 9.91. The van der Waals surface area contributed by atoms with Gasteiger partial charge in [-0.1, -0.05) is 43.2 Å². The average Bonchev–Trinajstić information content (AvgIpc) is 3.14. The van der Waals surface area contributed by atoms with Crippen LogP contribution in [-0.4, -0.2) is 56.0 Å². The SMILES string of the molecule is COc1ccc(Cn2nnnc2SCC(=O)N(C(C)C)C2CCCCC2)cc1. The van der Waals surface area contributed by atoms with Gasteiger partial charge in [0.05, 0.1) is 19.4 Å². The number of thioether (sulfide) groups is 1. The zero-order chi connectivity index (χ0) is 19.9. The standard InChI is InChI=1S/C20H29N5O2S/c1-15(2)25(17-7-5-4-6-8-17)19(26)14-28-20-21-22-23-24(20)13-16-9-11-18(27-3)12-10-16/h9-12,15,17H,4-8,13-14H2,1-3H3. The van der Waals surface area contributed by atoms with E-state index in [1.165, 1.54) is 31.0 Å². The summed E-state index contributed by atoms with van der Waals surface area (Å²) in [5.74, 6) is 1.35. The Bertz CT molecular complexity index is 756. The van der Waals surface area contributed by atoms with E-state index in [0.717, 1.165) is 24.2 Å². The molecule has 1 aliphatic rings. The summed E-state index contributed by atoms with van der Waals surface area (Å²) in [5, 5.41) is 12.6. The minimum atomic E-state index is 0.172. The summed E-state index contributed by atoms with van der Waals surface area (Å²) < 4.78 is 6.93. The molecule has 0 atom stereocenters. The molecule has 0 unspecified atom stereocenters. The van der Waals surface area contributed by atoms with E-state index in [4.69, 9.17) is 4.74 Å². The molecule has 0 aliphatic heterocycles. The third-order valence-corrected chi connectivity index (χ3v) is 6.07. The Morgan fingerprint density at radius 3 is 2.61 bits per heavy atom. The maximum Gasteiger partial charge on any atom is 0.233 e. The van der Waals surface area contributed by atoms with Crippen molar-refractivity contribution in [2.24, 2.45) is 0 Å². The van der Waals surface area contributed by atoms with E-state index in [-0.39, 0.29) is 11.9 Å². The zero-order valence-electron chi connectivity index (χ0n) is 16.9. The Morgan fingerprint density at radius 1 is 1.25 bits per heavy atom. The van der Waals surface area contributed by atoms with Crippen molar-refractivity contribution in [3.8, 4) is 5.75 Å². The summed E-state index contributed by atoms with van der Waals surface area (Å²) in [6.45, 7) is 4.76. The van der Waals surface area contributed by atoms with Gasteiger partial charge in [0.2, 0.25) is 11.1 Å². The van der Waals surface area contributed by atoms with E-state index in [1.807, 2.05) is 24.3 Å². The molecule has 8 heteroatoms. The number of carbonyl (C=O) groups is 1. The van der Waals surface area contributed by atoms with Crippen LogP contribution in [-0.2, 0) is 11.3 Å². The first kappa shape index (κ1) is 20.6. The molecular formula is C20H29N5O2S. The predicted molar refractivity (Wildman–Crippen MR) is 109 cm³/mol. The maximum atomic E-state index is 12.9. The number of hydrogen-bond donors (Lipinski definition) is 0. The third kappa shape index (κ3) is 5.25. The van der Waals surface area contributed by atoms with Gasteiger partial charge in [0.15, 0.2) is 0 Å². The fraction of sp³-hybridized carbons (Fsp3) is 0.600. The fourth-order valence-corrected chi connectivity index (χ4v) is 4.52. The highest BCUT2D eigenvalue weighted by Crippen LogP contribution is 2.26. The van der Waals surface area contributed by atoms with Crippen LogP contribution in [0.15, 0.2) is 29.4 Å². The van der Waals surface area contributed by atoms with Crippen LogP contribution in [0, 0.1) is 0 Å². The molecule has 28 heavy (non-hydrogen) atoms. The second-order valence-corrected chi connectivity index (χ2v) is 8.38. The highest BCUT2D eigenvalue weighted by atomic mass is 32.2. The monoisotopic (exact) mass is 403 g/mol. The van der Waals surface area contributed by atoms with Gasteiger partial charge in [-0.15, -0.1) is 5.10 Å². The van der Waals surface area contributed by atoms with E-state index in [1.54, 1.807) is 11.8 Å². The molecule has 7 nitrogen and oxygen atoms in total. The number of tetrazole rings is 1. The first-order chi connectivity index (χ1) is 13.6. The topological polar surface area (TPSA) is 73.1 Å². The number of carbonyl (C=O) groups excluding carboxylic acids is 1. The van der Waals surface area contributed by atoms with Crippen LogP contribution >= 0.6 is 11.8 Å². The summed E-state index contributed by atoms with van der Waals surface area (Å²) in [7, 11) is 1.65. The van der Waals surface area contributed by atoms with Gasteiger partial charge in [0.25, 0.3) is 0 Å². The number of rotatable bonds is 8. The number of ether oxygens (including phenoxy) is 1. The van der Waals surface area contributed by atoms with Gasteiger partial charge in [0, 0.05) is 12.1 Å². The van der Waals surface area contributed by atoms with Crippen LogP contribution in [0.25, 0.3) is 0 Å². The summed E-state index contributed by atoms with van der Waals surface area (Å²) in [6, 6.07) is 8.40. The van der Waals surface area contributed by atoms with E-state index < -0.39 is 0 Å². The van der Waals surface area contributed by atoms with Crippen molar-refractivity contribution in [1.82, 2.24) is 25.1 Å². The number of methoxy groups -OCH3 is 1. The van der Waals surface area contributed by atoms with Gasteiger partial charge in [-0.2, -0.15) is 0 Å². The summed E-state index contributed by atoms with van der Waals surface area (Å²) >= 11 is 1.41. The van der Waals surface area contributed by atoms with Gasteiger partial charge >= 0.3 is 0 Å². The van der Waals surface area contributed by atoms with E-state index in [9.17, 15) is 4.79 Å². The lowest BCUT2D eigenvalue weighted by molar-refractivity contribution is -0.133.